The largest absolute Gasteiger partial charge is 0.480 e. The fraction of sp³-hybridized carbons (Fsp3) is 0.833. The molecule has 0 spiro atoms. The molecular formula is C12H22N2O3. The molecule has 17 heavy (non-hydrogen) atoms. The van der Waals surface area contributed by atoms with Gasteiger partial charge in [-0.2, -0.15) is 0 Å². The van der Waals surface area contributed by atoms with Crippen molar-refractivity contribution in [3.8, 4) is 0 Å². The highest BCUT2D eigenvalue weighted by Crippen LogP contribution is 2.28. The van der Waals surface area contributed by atoms with E-state index in [-0.39, 0.29) is 12.5 Å². The molecule has 0 aromatic heterocycles. The number of carbonyl (C=O) groups excluding carboxylic acids is 1. The number of carboxylic acids is 1. The van der Waals surface area contributed by atoms with Gasteiger partial charge in [-0.3, -0.25) is 14.5 Å². The number of nitrogens with zero attached hydrogens (tertiary/aromatic N) is 1. The van der Waals surface area contributed by atoms with E-state index >= 15 is 0 Å². The number of rotatable bonds is 6. The van der Waals surface area contributed by atoms with Crippen molar-refractivity contribution >= 4 is 11.9 Å². The van der Waals surface area contributed by atoms with Gasteiger partial charge in [0.2, 0.25) is 5.91 Å². The van der Waals surface area contributed by atoms with Crippen molar-refractivity contribution in [3.05, 3.63) is 0 Å². The highest BCUT2D eigenvalue weighted by Gasteiger charge is 2.44. The molecule has 5 nitrogen and oxygen atoms in total. The summed E-state index contributed by atoms with van der Waals surface area (Å²) in [7, 11) is 0. The summed E-state index contributed by atoms with van der Waals surface area (Å²) in [5.74, 6) is -0.870. The van der Waals surface area contributed by atoms with E-state index in [1.165, 1.54) is 0 Å². The Hall–Kier alpha value is -1.10. The molecule has 0 radical (unpaired) electrons. The molecule has 0 atom stereocenters. The number of carbonyl (C=O) groups is 2. The second-order valence-electron chi connectivity index (χ2n) is 4.61. The number of hydrogen-bond donors (Lipinski definition) is 2. The zero-order chi connectivity index (χ0) is 12.9. The van der Waals surface area contributed by atoms with Gasteiger partial charge >= 0.3 is 5.97 Å². The van der Waals surface area contributed by atoms with Crippen molar-refractivity contribution in [1.29, 1.82) is 0 Å². The summed E-state index contributed by atoms with van der Waals surface area (Å²) >= 11 is 0. The number of aliphatic carboxylic acids is 1. The van der Waals surface area contributed by atoms with Gasteiger partial charge in [0.05, 0.1) is 6.54 Å². The summed E-state index contributed by atoms with van der Waals surface area (Å²) in [4.78, 5) is 24.9. The first-order valence-corrected chi connectivity index (χ1v) is 6.32. The van der Waals surface area contributed by atoms with E-state index in [1.807, 2.05) is 18.7 Å². The molecule has 1 saturated heterocycles. The van der Waals surface area contributed by atoms with Crippen molar-refractivity contribution < 1.29 is 14.7 Å². The highest BCUT2D eigenvalue weighted by atomic mass is 16.4. The third-order valence-corrected chi connectivity index (χ3v) is 3.37. The van der Waals surface area contributed by atoms with Crippen molar-refractivity contribution in [2.24, 2.45) is 0 Å². The molecule has 1 aliphatic heterocycles. The predicted molar refractivity (Wildman–Crippen MR) is 64.8 cm³/mol. The summed E-state index contributed by atoms with van der Waals surface area (Å²) in [6.07, 6.45) is 2.82. The van der Waals surface area contributed by atoms with Crippen molar-refractivity contribution in [3.63, 3.8) is 0 Å². The van der Waals surface area contributed by atoms with Crippen molar-refractivity contribution in [2.45, 2.75) is 45.1 Å². The zero-order valence-electron chi connectivity index (χ0n) is 10.7. The normalized spacial score (nSPS) is 17.9. The highest BCUT2D eigenvalue weighted by molar-refractivity contribution is 5.83. The van der Waals surface area contributed by atoms with Crippen LogP contribution in [0.2, 0.25) is 0 Å². The van der Waals surface area contributed by atoms with Crippen LogP contribution in [-0.4, -0.2) is 47.1 Å². The molecule has 5 heteroatoms. The molecule has 0 aliphatic carbocycles. The Balaban J connectivity index is 2.92. The second-order valence-corrected chi connectivity index (χ2v) is 4.61. The van der Waals surface area contributed by atoms with Crippen LogP contribution in [0.3, 0.4) is 0 Å². The van der Waals surface area contributed by atoms with Crippen molar-refractivity contribution in [2.75, 3.05) is 19.6 Å². The lowest BCUT2D eigenvalue weighted by atomic mass is 9.86. The van der Waals surface area contributed by atoms with E-state index in [1.54, 1.807) is 0 Å². The summed E-state index contributed by atoms with van der Waals surface area (Å²) in [6, 6.07) is 0. The average Bonchev–Trinajstić information content (AvgIpc) is 2.28. The molecule has 98 valence electrons. The minimum Gasteiger partial charge on any atom is -0.480 e. The van der Waals surface area contributed by atoms with Gasteiger partial charge in [-0.25, -0.2) is 0 Å². The topological polar surface area (TPSA) is 69.6 Å². The Morgan fingerprint density at radius 1 is 1.41 bits per heavy atom. The van der Waals surface area contributed by atoms with Gasteiger partial charge in [0.1, 0.15) is 5.54 Å². The SMILES string of the molecule is CCCC(CCC)(C(=O)O)N1CCNC(=O)C1. The average molecular weight is 242 g/mol. The maximum absolute atomic E-state index is 11.6. The summed E-state index contributed by atoms with van der Waals surface area (Å²) < 4.78 is 0. The van der Waals surface area contributed by atoms with Gasteiger partial charge in [0.15, 0.2) is 0 Å². The van der Waals surface area contributed by atoms with Gasteiger partial charge < -0.3 is 10.4 Å². The van der Waals surface area contributed by atoms with Crippen molar-refractivity contribution in [1.82, 2.24) is 10.2 Å². The molecule has 0 saturated carbocycles. The molecule has 0 unspecified atom stereocenters. The first-order chi connectivity index (χ1) is 8.06. The third-order valence-electron chi connectivity index (χ3n) is 3.37. The lowest BCUT2D eigenvalue weighted by molar-refractivity contribution is -0.155. The first kappa shape index (κ1) is 14.0. The molecule has 0 aromatic rings. The Morgan fingerprint density at radius 2 is 2.00 bits per heavy atom. The Morgan fingerprint density at radius 3 is 2.41 bits per heavy atom. The number of carboxylic acid groups (broad SMARTS) is 1. The fourth-order valence-corrected chi connectivity index (χ4v) is 2.62. The first-order valence-electron chi connectivity index (χ1n) is 6.32. The van der Waals surface area contributed by atoms with Gasteiger partial charge in [0, 0.05) is 13.1 Å². The van der Waals surface area contributed by atoms with Crippen LogP contribution >= 0.6 is 0 Å². The number of hydrogen-bond acceptors (Lipinski definition) is 3. The third kappa shape index (κ3) is 2.97. The lowest BCUT2D eigenvalue weighted by Gasteiger charge is -2.42. The Bertz CT molecular complexity index is 285. The minimum absolute atomic E-state index is 0.0749. The number of piperazine rings is 1. The van der Waals surface area contributed by atoms with E-state index in [0.29, 0.717) is 25.9 Å². The van der Waals surface area contributed by atoms with Gasteiger partial charge in [-0.1, -0.05) is 26.7 Å². The van der Waals surface area contributed by atoms with Gasteiger partial charge in [-0.05, 0) is 12.8 Å². The molecule has 1 aliphatic rings. The quantitative estimate of drug-likeness (QED) is 0.724. The fourth-order valence-electron chi connectivity index (χ4n) is 2.62. The summed E-state index contributed by atoms with van der Waals surface area (Å²) in [6.45, 7) is 5.33. The Labute approximate surface area is 102 Å². The lowest BCUT2D eigenvalue weighted by Crippen LogP contribution is -2.61. The van der Waals surface area contributed by atoms with Gasteiger partial charge in [0.25, 0.3) is 0 Å². The van der Waals surface area contributed by atoms with Crippen LogP contribution in [-0.2, 0) is 9.59 Å². The smallest absolute Gasteiger partial charge is 0.324 e. The van der Waals surface area contributed by atoms with Crippen LogP contribution in [0.1, 0.15) is 39.5 Å². The molecule has 1 rings (SSSR count). The molecule has 1 heterocycles. The molecule has 2 N–H and O–H groups in total. The molecule has 1 fully saturated rings. The maximum Gasteiger partial charge on any atom is 0.324 e. The van der Waals surface area contributed by atoms with Crippen LogP contribution in [0.15, 0.2) is 0 Å². The van der Waals surface area contributed by atoms with E-state index in [4.69, 9.17) is 0 Å². The summed E-state index contributed by atoms with van der Waals surface area (Å²) in [5, 5.41) is 12.3. The molecule has 0 bridgehead atoms. The predicted octanol–water partition coefficient (Wildman–Crippen LogP) is 0.842. The molecule has 1 amide bonds. The van der Waals surface area contributed by atoms with Crippen LogP contribution in [0.25, 0.3) is 0 Å². The zero-order valence-corrected chi connectivity index (χ0v) is 10.7. The number of nitrogens with one attached hydrogen (secondary N) is 1. The second kappa shape index (κ2) is 6.00. The molecular weight excluding hydrogens is 220 g/mol. The maximum atomic E-state index is 11.6. The van der Waals surface area contributed by atoms with Crippen LogP contribution in [0, 0.1) is 0 Å². The van der Waals surface area contributed by atoms with Gasteiger partial charge in [-0.15, -0.1) is 0 Å². The standard InChI is InChI=1S/C12H22N2O3/c1-3-5-12(6-4-2,11(16)17)14-8-7-13-10(15)9-14/h3-9H2,1-2H3,(H,13,15)(H,16,17). The summed E-state index contributed by atoms with van der Waals surface area (Å²) in [5.41, 5.74) is -0.860. The van der Waals surface area contributed by atoms with E-state index in [9.17, 15) is 14.7 Å². The monoisotopic (exact) mass is 242 g/mol. The number of amides is 1. The van der Waals surface area contributed by atoms with E-state index in [0.717, 1.165) is 12.8 Å². The van der Waals surface area contributed by atoms with Crippen LogP contribution in [0.5, 0.6) is 0 Å². The van der Waals surface area contributed by atoms with Crippen LogP contribution in [0.4, 0.5) is 0 Å². The van der Waals surface area contributed by atoms with E-state index in [2.05, 4.69) is 5.32 Å². The minimum atomic E-state index is -0.860. The van der Waals surface area contributed by atoms with Crippen LogP contribution < -0.4 is 5.32 Å². The Kier molecular flexibility index (Phi) is 4.93. The van der Waals surface area contributed by atoms with E-state index < -0.39 is 11.5 Å². The molecule has 0 aromatic carbocycles.